The van der Waals surface area contributed by atoms with Gasteiger partial charge in [0.2, 0.25) is 0 Å². The summed E-state index contributed by atoms with van der Waals surface area (Å²) < 4.78 is 15.5. The number of hydrogen-bond donors (Lipinski definition) is 0. The van der Waals surface area contributed by atoms with Crippen molar-refractivity contribution in [2.75, 3.05) is 0 Å². The Balaban J connectivity index is 2.26. The van der Waals surface area contributed by atoms with Crippen molar-refractivity contribution in [3.63, 3.8) is 0 Å². The van der Waals surface area contributed by atoms with Crippen molar-refractivity contribution in [2.24, 2.45) is 7.05 Å². The van der Waals surface area contributed by atoms with Gasteiger partial charge in [-0.05, 0) is 53.9 Å². The Kier molecular flexibility index (Phi) is 3.58. The number of aromatic nitrogens is 2. The second kappa shape index (κ2) is 5.12. The van der Waals surface area contributed by atoms with Gasteiger partial charge in [-0.25, -0.2) is 8.96 Å². The van der Waals surface area contributed by atoms with Crippen LogP contribution in [0.2, 0.25) is 0 Å². The average Bonchev–Trinajstić information content (AvgIpc) is 2.44. The maximum atomic E-state index is 13.4. The highest BCUT2D eigenvalue weighted by molar-refractivity contribution is 5.58. The fraction of sp³-hybridized carbons (Fsp3) is 0.500. The first-order valence-electron chi connectivity index (χ1n) is 8.30. The summed E-state index contributed by atoms with van der Waals surface area (Å²) in [5, 5.41) is 0. The second-order valence-electron chi connectivity index (χ2n) is 8.16. The summed E-state index contributed by atoms with van der Waals surface area (Å²) in [6.45, 7) is 11.1. The van der Waals surface area contributed by atoms with E-state index in [-0.39, 0.29) is 16.6 Å². The Morgan fingerprint density at radius 2 is 1.74 bits per heavy atom. The molecule has 0 amide bonds. The van der Waals surface area contributed by atoms with E-state index in [2.05, 4.69) is 38.5 Å². The quantitative estimate of drug-likeness (QED) is 0.714. The lowest BCUT2D eigenvalue weighted by Crippen LogP contribution is -2.42. The molecule has 122 valence electrons. The monoisotopic (exact) mass is 313 g/mol. The lowest BCUT2D eigenvalue weighted by molar-refractivity contribution is -0.663. The third kappa shape index (κ3) is 2.66. The van der Waals surface area contributed by atoms with Crippen LogP contribution in [0.25, 0.3) is 11.4 Å². The first-order valence-corrected chi connectivity index (χ1v) is 8.30. The molecule has 1 aromatic carbocycles. The second-order valence-corrected chi connectivity index (χ2v) is 8.16. The number of nitrogens with zero attached hydrogens (tertiary/aromatic N) is 2. The minimum atomic E-state index is -0.201. The van der Waals surface area contributed by atoms with Crippen molar-refractivity contribution in [3.8, 4) is 11.4 Å². The summed E-state index contributed by atoms with van der Waals surface area (Å²) in [5.74, 6) is 0.709. The largest absolute Gasteiger partial charge is 0.330 e. The summed E-state index contributed by atoms with van der Waals surface area (Å²) in [4.78, 5) is 5.06. The van der Waals surface area contributed by atoms with Crippen LogP contribution in [-0.4, -0.2) is 4.98 Å². The molecular formula is C20H26FN2+. The SMILES string of the molecule is Cc1cc(F)ccc1-c1nc2c(c[n+]1C)C(C)(C)CCC2(C)C. The molecule has 0 unspecified atom stereocenters. The van der Waals surface area contributed by atoms with Crippen molar-refractivity contribution in [1.82, 2.24) is 4.98 Å². The predicted octanol–water partition coefficient (Wildman–Crippen LogP) is 4.37. The summed E-state index contributed by atoms with van der Waals surface area (Å²) in [7, 11) is 2.03. The van der Waals surface area contributed by atoms with Crippen LogP contribution in [0.1, 0.15) is 57.4 Å². The lowest BCUT2D eigenvalue weighted by Gasteiger charge is -2.37. The molecule has 0 bridgehead atoms. The number of hydrogen-bond acceptors (Lipinski definition) is 1. The van der Waals surface area contributed by atoms with Crippen LogP contribution in [0.5, 0.6) is 0 Å². The Bertz CT molecular complexity index is 775. The third-order valence-corrected chi connectivity index (χ3v) is 5.30. The maximum Gasteiger partial charge on any atom is 0.330 e. The number of fused-ring (bicyclic) bond motifs is 1. The standard InChI is InChI=1S/C20H26FN2/c1-13-11-14(21)7-8-15(13)18-22-17-16(12-23(18)6)19(2,3)9-10-20(17,4)5/h7-8,11-12H,9-10H2,1-6H3/q+1. The van der Waals surface area contributed by atoms with E-state index in [1.54, 1.807) is 6.07 Å². The van der Waals surface area contributed by atoms with Crippen molar-refractivity contribution in [3.05, 3.63) is 47.0 Å². The topological polar surface area (TPSA) is 16.8 Å². The van der Waals surface area contributed by atoms with Gasteiger partial charge in [-0.1, -0.05) is 27.7 Å². The zero-order valence-corrected chi connectivity index (χ0v) is 15.0. The molecule has 3 heteroatoms. The van der Waals surface area contributed by atoms with Crippen LogP contribution in [0.4, 0.5) is 4.39 Å². The molecule has 23 heavy (non-hydrogen) atoms. The molecule has 3 rings (SSSR count). The Morgan fingerprint density at radius 1 is 1.09 bits per heavy atom. The smallest absolute Gasteiger partial charge is 0.233 e. The van der Waals surface area contributed by atoms with Gasteiger partial charge in [0.15, 0.2) is 5.69 Å². The van der Waals surface area contributed by atoms with Crippen molar-refractivity contribution in [1.29, 1.82) is 0 Å². The zero-order chi connectivity index (χ0) is 17.0. The molecule has 0 radical (unpaired) electrons. The van der Waals surface area contributed by atoms with Gasteiger partial charge in [-0.3, -0.25) is 0 Å². The minimum absolute atomic E-state index is 0.0712. The molecule has 2 aromatic rings. The predicted molar refractivity (Wildman–Crippen MR) is 90.8 cm³/mol. The van der Waals surface area contributed by atoms with Crippen LogP contribution in [0.15, 0.2) is 24.4 Å². The number of rotatable bonds is 1. The molecule has 1 aliphatic rings. The third-order valence-electron chi connectivity index (χ3n) is 5.30. The first kappa shape index (κ1) is 16.1. The number of benzene rings is 1. The van der Waals surface area contributed by atoms with Crippen LogP contribution < -0.4 is 4.57 Å². The zero-order valence-electron chi connectivity index (χ0n) is 15.0. The van der Waals surface area contributed by atoms with Crippen LogP contribution in [0, 0.1) is 12.7 Å². The fourth-order valence-corrected chi connectivity index (χ4v) is 3.58. The van der Waals surface area contributed by atoms with E-state index in [1.807, 2.05) is 20.0 Å². The average molecular weight is 313 g/mol. The molecule has 1 aromatic heterocycles. The van der Waals surface area contributed by atoms with Gasteiger partial charge in [0.05, 0.1) is 18.8 Å². The Morgan fingerprint density at radius 3 is 2.39 bits per heavy atom. The first-order chi connectivity index (χ1) is 10.6. The lowest BCUT2D eigenvalue weighted by atomic mass is 9.65. The van der Waals surface area contributed by atoms with Crippen molar-refractivity contribution in [2.45, 2.75) is 58.3 Å². The molecule has 0 fully saturated rings. The van der Waals surface area contributed by atoms with E-state index >= 15 is 0 Å². The van der Waals surface area contributed by atoms with Crippen LogP contribution >= 0.6 is 0 Å². The van der Waals surface area contributed by atoms with E-state index in [0.717, 1.165) is 23.4 Å². The molecule has 0 atom stereocenters. The normalized spacial score (nSPS) is 18.6. The highest BCUT2D eigenvalue weighted by Crippen LogP contribution is 2.44. The summed E-state index contributed by atoms with van der Waals surface area (Å²) >= 11 is 0. The van der Waals surface area contributed by atoms with Crippen LogP contribution in [-0.2, 0) is 17.9 Å². The van der Waals surface area contributed by atoms with Gasteiger partial charge in [0, 0.05) is 11.0 Å². The molecule has 2 nitrogen and oxygen atoms in total. The van der Waals surface area contributed by atoms with E-state index in [1.165, 1.54) is 23.7 Å². The van der Waals surface area contributed by atoms with Crippen LogP contribution in [0.3, 0.4) is 0 Å². The van der Waals surface area contributed by atoms with E-state index in [9.17, 15) is 4.39 Å². The number of halogens is 1. The summed E-state index contributed by atoms with van der Waals surface area (Å²) in [6, 6.07) is 4.92. The van der Waals surface area contributed by atoms with Gasteiger partial charge in [-0.15, -0.1) is 0 Å². The fourth-order valence-electron chi connectivity index (χ4n) is 3.58. The van der Waals surface area contributed by atoms with Gasteiger partial charge < -0.3 is 0 Å². The Hall–Kier alpha value is -1.77. The highest BCUT2D eigenvalue weighted by Gasteiger charge is 2.43. The molecule has 0 N–H and O–H groups in total. The molecule has 0 saturated heterocycles. The van der Waals surface area contributed by atoms with E-state index in [0.29, 0.717) is 0 Å². The molecule has 0 saturated carbocycles. The van der Waals surface area contributed by atoms with E-state index < -0.39 is 0 Å². The Labute approximate surface area is 138 Å². The van der Waals surface area contributed by atoms with E-state index in [4.69, 9.17) is 4.98 Å². The molecule has 1 heterocycles. The van der Waals surface area contributed by atoms with Gasteiger partial charge in [0.25, 0.3) is 0 Å². The van der Waals surface area contributed by atoms with Crippen molar-refractivity contribution < 1.29 is 8.96 Å². The summed E-state index contributed by atoms with van der Waals surface area (Å²) in [5.41, 5.74) is 4.65. The van der Waals surface area contributed by atoms with Gasteiger partial charge in [0.1, 0.15) is 5.82 Å². The highest BCUT2D eigenvalue weighted by atomic mass is 19.1. The molecular weight excluding hydrogens is 287 g/mol. The number of aryl methyl sites for hydroxylation is 2. The molecule has 0 aliphatic heterocycles. The molecule has 0 spiro atoms. The van der Waals surface area contributed by atoms with Crippen molar-refractivity contribution >= 4 is 0 Å². The minimum Gasteiger partial charge on any atom is -0.233 e. The maximum absolute atomic E-state index is 13.4. The van der Waals surface area contributed by atoms with Gasteiger partial charge >= 0.3 is 5.82 Å². The van der Waals surface area contributed by atoms with Gasteiger partial charge in [-0.2, -0.15) is 0 Å². The summed E-state index contributed by atoms with van der Waals surface area (Å²) in [6.07, 6.45) is 4.53. The molecule has 1 aliphatic carbocycles.